The van der Waals surface area contributed by atoms with Gasteiger partial charge in [-0.15, -0.1) is 0 Å². The summed E-state index contributed by atoms with van der Waals surface area (Å²) >= 11 is 7.20. The SMILES string of the molecule is C=CCOC(=O)c1sc(N2C(=O)C(=O)C(=C(O)c3ccc4c(c3)C[C@H](C)O4)[C@@H]2c2cccc(Cl)c2)nc1C. The number of nitrogens with zero attached hydrogens (tertiary/aromatic N) is 2. The van der Waals surface area contributed by atoms with Crippen LogP contribution in [0, 0.1) is 6.92 Å². The fraction of sp³-hybridized carbons (Fsp3) is 0.214. The van der Waals surface area contributed by atoms with Gasteiger partial charge < -0.3 is 14.6 Å². The van der Waals surface area contributed by atoms with E-state index in [4.69, 9.17) is 21.1 Å². The van der Waals surface area contributed by atoms with Gasteiger partial charge in [0.25, 0.3) is 5.78 Å². The lowest BCUT2D eigenvalue weighted by Crippen LogP contribution is -2.29. The predicted octanol–water partition coefficient (Wildman–Crippen LogP) is 5.40. The average molecular weight is 551 g/mol. The van der Waals surface area contributed by atoms with Crippen LogP contribution in [0.1, 0.15) is 45.0 Å². The Labute approximate surface area is 227 Å². The van der Waals surface area contributed by atoms with Crippen LogP contribution in [-0.2, 0) is 20.7 Å². The number of aliphatic hydroxyl groups excluding tert-OH is 1. The molecule has 2 aliphatic heterocycles. The summed E-state index contributed by atoms with van der Waals surface area (Å²) in [5.41, 5.74) is 2.02. The van der Waals surface area contributed by atoms with Crippen LogP contribution in [0.5, 0.6) is 5.75 Å². The molecule has 2 aliphatic rings. The number of ketones is 1. The monoisotopic (exact) mass is 550 g/mol. The van der Waals surface area contributed by atoms with Crippen LogP contribution in [0.15, 0.2) is 60.7 Å². The summed E-state index contributed by atoms with van der Waals surface area (Å²) in [6, 6.07) is 10.8. The van der Waals surface area contributed by atoms with E-state index in [9.17, 15) is 19.5 Å². The van der Waals surface area contributed by atoms with E-state index in [1.807, 2.05) is 6.92 Å². The standard InChI is InChI=1S/C28H23ClN2O6S/c1-4-10-36-27(35)25-15(3)30-28(38-25)31-22(16-6-5-7-19(29)13-16)21(24(33)26(31)34)23(32)17-8-9-20-18(12-17)11-14(2)37-20/h4-9,12-14,22,32H,1,10-11H2,2-3H3/t14-,22-/m0/s1. The van der Waals surface area contributed by atoms with Crippen molar-refractivity contribution in [1.29, 1.82) is 0 Å². The van der Waals surface area contributed by atoms with Crippen molar-refractivity contribution in [3.63, 3.8) is 0 Å². The highest BCUT2D eigenvalue weighted by molar-refractivity contribution is 7.17. The second-order valence-electron chi connectivity index (χ2n) is 8.98. The number of carbonyl (C=O) groups excluding carboxylic acids is 3. The maximum absolute atomic E-state index is 13.4. The first kappa shape index (κ1) is 25.7. The number of aromatic nitrogens is 1. The Balaban J connectivity index is 1.65. The molecule has 2 atom stereocenters. The number of carbonyl (C=O) groups is 3. The van der Waals surface area contributed by atoms with Crippen LogP contribution in [-0.4, -0.2) is 40.5 Å². The Morgan fingerprint density at radius 3 is 2.84 bits per heavy atom. The third-order valence-electron chi connectivity index (χ3n) is 6.29. The number of rotatable bonds is 6. The third kappa shape index (κ3) is 4.48. The van der Waals surface area contributed by atoms with Crippen molar-refractivity contribution in [2.45, 2.75) is 32.4 Å². The minimum absolute atomic E-state index is 0.0000508. The van der Waals surface area contributed by atoms with E-state index in [1.165, 1.54) is 11.0 Å². The van der Waals surface area contributed by atoms with E-state index >= 15 is 0 Å². The Kier molecular flexibility index (Phi) is 6.81. The summed E-state index contributed by atoms with van der Waals surface area (Å²) in [6.07, 6.45) is 2.10. The molecule has 2 aromatic carbocycles. The van der Waals surface area contributed by atoms with Crippen molar-refractivity contribution in [3.05, 3.63) is 93.0 Å². The number of hydrogen-bond donors (Lipinski definition) is 1. The zero-order chi connectivity index (χ0) is 27.1. The van der Waals surface area contributed by atoms with Crippen molar-refractivity contribution >= 4 is 51.5 Å². The van der Waals surface area contributed by atoms with Gasteiger partial charge in [-0.05, 0) is 55.3 Å². The molecule has 194 valence electrons. The maximum Gasteiger partial charge on any atom is 0.350 e. The molecule has 38 heavy (non-hydrogen) atoms. The van der Waals surface area contributed by atoms with Gasteiger partial charge in [0.1, 0.15) is 29.1 Å². The van der Waals surface area contributed by atoms with Crippen molar-refractivity contribution in [2.75, 3.05) is 11.5 Å². The summed E-state index contributed by atoms with van der Waals surface area (Å²) in [5.74, 6) is -1.97. The summed E-state index contributed by atoms with van der Waals surface area (Å²) < 4.78 is 10.9. The Morgan fingerprint density at radius 1 is 1.32 bits per heavy atom. The molecule has 0 unspecified atom stereocenters. The number of hydrogen-bond acceptors (Lipinski definition) is 8. The number of aryl methyl sites for hydroxylation is 1. The van der Waals surface area contributed by atoms with Gasteiger partial charge in [-0.2, -0.15) is 0 Å². The predicted molar refractivity (Wildman–Crippen MR) is 144 cm³/mol. The highest BCUT2D eigenvalue weighted by Crippen LogP contribution is 2.45. The minimum atomic E-state index is -1.03. The Bertz CT molecular complexity index is 1530. The smallest absolute Gasteiger partial charge is 0.350 e. The molecular formula is C28H23ClN2O6S. The van der Waals surface area contributed by atoms with Gasteiger partial charge in [-0.3, -0.25) is 14.5 Å². The number of halogens is 1. The van der Waals surface area contributed by atoms with Gasteiger partial charge in [-0.25, -0.2) is 9.78 Å². The molecule has 1 N–H and O–H groups in total. The summed E-state index contributed by atoms with van der Waals surface area (Å²) in [6.45, 7) is 7.11. The normalized spacial score (nSPS) is 19.8. The maximum atomic E-state index is 13.4. The highest BCUT2D eigenvalue weighted by Gasteiger charge is 2.48. The van der Waals surface area contributed by atoms with Crippen LogP contribution in [0.25, 0.3) is 5.76 Å². The zero-order valence-corrected chi connectivity index (χ0v) is 22.1. The molecule has 1 saturated heterocycles. The second-order valence-corrected chi connectivity index (χ2v) is 10.4. The van der Waals surface area contributed by atoms with Crippen molar-refractivity contribution in [2.24, 2.45) is 0 Å². The van der Waals surface area contributed by atoms with E-state index < -0.39 is 23.7 Å². The molecule has 8 nitrogen and oxygen atoms in total. The highest BCUT2D eigenvalue weighted by atomic mass is 35.5. The van der Waals surface area contributed by atoms with Gasteiger partial charge in [0.2, 0.25) is 0 Å². The molecule has 3 heterocycles. The van der Waals surface area contributed by atoms with E-state index in [0.717, 1.165) is 22.6 Å². The fourth-order valence-corrected chi connectivity index (χ4v) is 5.81. The molecule has 1 amide bonds. The van der Waals surface area contributed by atoms with E-state index in [-0.39, 0.29) is 34.1 Å². The van der Waals surface area contributed by atoms with Gasteiger partial charge in [0, 0.05) is 17.0 Å². The van der Waals surface area contributed by atoms with Crippen LogP contribution in [0.3, 0.4) is 0 Å². The van der Waals surface area contributed by atoms with Crippen molar-refractivity contribution < 1.29 is 29.0 Å². The number of Topliss-reactive ketones (excluding diaryl/α,β-unsaturated/α-hetero) is 1. The van der Waals surface area contributed by atoms with Crippen LogP contribution in [0.2, 0.25) is 5.02 Å². The number of thiazole rings is 1. The molecule has 1 aromatic heterocycles. The third-order valence-corrected chi connectivity index (χ3v) is 7.66. The van der Waals surface area contributed by atoms with Crippen LogP contribution >= 0.6 is 22.9 Å². The summed E-state index contributed by atoms with van der Waals surface area (Å²) in [5, 5.41) is 11.9. The molecule has 10 heteroatoms. The first-order valence-corrected chi connectivity index (χ1v) is 13.0. The lowest BCUT2D eigenvalue weighted by atomic mass is 9.94. The van der Waals surface area contributed by atoms with Crippen LogP contribution < -0.4 is 9.64 Å². The van der Waals surface area contributed by atoms with E-state index in [1.54, 1.807) is 49.4 Å². The van der Waals surface area contributed by atoms with Gasteiger partial charge in [0.15, 0.2) is 5.13 Å². The Hall–Kier alpha value is -3.95. The van der Waals surface area contributed by atoms with Gasteiger partial charge >= 0.3 is 11.9 Å². The summed E-state index contributed by atoms with van der Waals surface area (Å²) in [7, 11) is 0. The first-order valence-electron chi connectivity index (χ1n) is 11.8. The number of amides is 1. The minimum Gasteiger partial charge on any atom is -0.507 e. The fourth-order valence-electron chi connectivity index (χ4n) is 4.62. The number of aliphatic hydroxyl groups is 1. The molecule has 3 aromatic rings. The molecule has 0 aliphatic carbocycles. The number of benzene rings is 2. The van der Waals surface area contributed by atoms with E-state index in [0.29, 0.717) is 28.3 Å². The average Bonchev–Trinajstić information content (AvgIpc) is 3.54. The van der Waals surface area contributed by atoms with Crippen molar-refractivity contribution in [3.8, 4) is 5.75 Å². The van der Waals surface area contributed by atoms with Gasteiger partial charge in [0.05, 0.1) is 17.3 Å². The molecule has 0 bridgehead atoms. The molecule has 5 rings (SSSR count). The lowest BCUT2D eigenvalue weighted by molar-refractivity contribution is -0.132. The Morgan fingerprint density at radius 2 is 2.11 bits per heavy atom. The number of esters is 1. The topological polar surface area (TPSA) is 106 Å². The molecule has 1 fully saturated rings. The molecular weight excluding hydrogens is 528 g/mol. The largest absolute Gasteiger partial charge is 0.507 e. The number of anilines is 1. The van der Waals surface area contributed by atoms with Crippen molar-refractivity contribution in [1.82, 2.24) is 4.98 Å². The van der Waals surface area contributed by atoms with Crippen LogP contribution in [0.4, 0.5) is 5.13 Å². The molecule has 0 spiro atoms. The number of fused-ring (bicyclic) bond motifs is 1. The first-order chi connectivity index (χ1) is 18.2. The number of ether oxygens (including phenoxy) is 2. The van der Waals surface area contributed by atoms with E-state index in [2.05, 4.69) is 11.6 Å². The zero-order valence-electron chi connectivity index (χ0n) is 20.6. The molecule has 0 radical (unpaired) electrons. The summed E-state index contributed by atoms with van der Waals surface area (Å²) in [4.78, 5) is 45.2. The quantitative estimate of drug-likeness (QED) is 0.144. The molecule has 0 saturated carbocycles. The lowest BCUT2D eigenvalue weighted by Gasteiger charge is -2.23. The second kappa shape index (κ2) is 10.1. The van der Waals surface area contributed by atoms with Gasteiger partial charge in [-0.1, -0.05) is 47.7 Å².